The van der Waals surface area contributed by atoms with E-state index in [1.165, 1.54) is 0 Å². The molecule has 0 saturated carbocycles. The third kappa shape index (κ3) is 3.68. The molecule has 0 radical (unpaired) electrons. The van der Waals surface area contributed by atoms with E-state index >= 15 is 0 Å². The third-order valence-electron chi connectivity index (χ3n) is 7.98. The predicted octanol–water partition coefficient (Wildman–Crippen LogP) is 7.95. The first-order valence-electron chi connectivity index (χ1n) is 14.0. The number of pyridine rings is 2. The lowest BCUT2D eigenvalue weighted by molar-refractivity contribution is 1.07. The zero-order valence-electron chi connectivity index (χ0n) is 22.8. The van der Waals surface area contributed by atoms with Gasteiger partial charge >= 0.3 is 0 Å². The van der Waals surface area contributed by atoms with E-state index in [-0.39, 0.29) is 0 Å². The van der Waals surface area contributed by atoms with Crippen LogP contribution in [0.4, 0.5) is 0 Å². The summed E-state index contributed by atoms with van der Waals surface area (Å²) in [6.45, 7) is 0. The van der Waals surface area contributed by atoms with E-state index in [1.54, 1.807) is 6.33 Å². The van der Waals surface area contributed by atoms with Crippen LogP contribution >= 0.6 is 0 Å². The minimum absolute atomic E-state index is 0.644. The highest BCUT2D eigenvalue weighted by atomic mass is 15.1. The monoisotopic (exact) mass is 551 g/mol. The second-order valence-electron chi connectivity index (χ2n) is 10.5. The molecule has 200 valence electrons. The summed E-state index contributed by atoms with van der Waals surface area (Å²) in [5, 5.41) is 5.11. The number of rotatable bonds is 3. The van der Waals surface area contributed by atoms with Gasteiger partial charge in [0.25, 0.3) is 0 Å². The van der Waals surface area contributed by atoms with E-state index in [1.807, 2.05) is 60.9 Å². The van der Waals surface area contributed by atoms with Crippen LogP contribution in [-0.4, -0.2) is 34.5 Å². The molecule has 9 aromatic rings. The Labute approximate surface area is 245 Å². The Hall–Kier alpha value is -6.08. The van der Waals surface area contributed by atoms with Crippen molar-refractivity contribution in [1.29, 1.82) is 0 Å². The van der Waals surface area contributed by atoms with Gasteiger partial charge in [-0.05, 0) is 48.5 Å². The summed E-state index contributed by atoms with van der Waals surface area (Å²) in [6.07, 6.45) is 5.22. The maximum atomic E-state index is 5.28. The minimum Gasteiger partial charge on any atom is -0.278 e. The van der Waals surface area contributed by atoms with Crippen molar-refractivity contribution in [2.24, 2.45) is 0 Å². The van der Waals surface area contributed by atoms with Crippen LogP contribution in [0.1, 0.15) is 0 Å². The summed E-state index contributed by atoms with van der Waals surface area (Å²) in [7, 11) is 0. The number of fused-ring (bicyclic) bond motifs is 7. The van der Waals surface area contributed by atoms with Crippen LogP contribution in [0.5, 0.6) is 0 Å². The first kappa shape index (κ1) is 23.6. The fraction of sp³-hybridized carbons (Fsp3) is 0. The number of para-hydroxylation sites is 1. The fourth-order valence-electron chi connectivity index (χ4n) is 5.99. The highest BCUT2D eigenvalue weighted by Crippen LogP contribution is 2.35. The lowest BCUT2D eigenvalue weighted by Crippen LogP contribution is -2.01. The van der Waals surface area contributed by atoms with E-state index in [9.17, 15) is 0 Å². The Morgan fingerprint density at radius 2 is 1.42 bits per heavy atom. The lowest BCUT2D eigenvalue weighted by Gasteiger charge is -2.13. The molecule has 0 amide bonds. The molecule has 0 atom stereocenters. The molecule has 7 nitrogen and oxygen atoms in total. The number of hydrogen-bond acceptors (Lipinski definition) is 6. The first-order valence-corrected chi connectivity index (χ1v) is 14.0. The smallest absolute Gasteiger partial charge is 0.160 e. The number of benzene rings is 4. The van der Waals surface area contributed by atoms with Gasteiger partial charge in [-0.15, -0.1) is 0 Å². The van der Waals surface area contributed by atoms with Crippen molar-refractivity contribution < 1.29 is 0 Å². The molecule has 0 spiro atoms. The molecule has 0 fully saturated rings. The molecular weight excluding hydrogens is 530 g/mol. The Morgan fingerprint density at radius 1 is 0.558 bits per heavy atom. The summed E-state index contributed by atoms with van der Waals surface area (Å²) in [5.41, 5.74) is 7.15. The van der Waals surface area contributed by atoms with Crippen molar-refractivity contribution in [2.75, 3.05) is 0 Å². The van der Waals surface area contributed by atoms with Gasteiger partial charge in [-0.3, -0.25) is 4.57 Å². The normalized spacial score (nSPS) is 11.7. The van der Waals surface area contributed by atoms with Gasteiger partial charge in [0.15, 0.2) is 5.82 Å². The maximum absolute atomic E-state index is 5.28. The summed E-state index contributed by atoms with van der Waals surface area (Å²) in [6, 6.07) is 37.0. The summed E-state index contributed by atoms with van der Waals surface area (Å²) < 4.78 is 2.13. The average Bonchev–Trinajstić information content (AvgIpc) is 3.42. The van der Waals surface area contributed by atoms with Gasteiger partial charge in [-0.1, -0.05) is 60.7 Å². The Morgan fingerprint density at radius 3 is 2.37 bits per heavy atom. The molecule has 43 heavy (non-hydrogen) atoms. The fourth-order valence-corrected chi connectivity index (χ4v) is 5.99. The molecule has 4 aromatic carbocycles. The summed E-state index contributed by atoms with van der Waals surface area (Å²) >= 11 is 0. The molecule has 0 N–H and O–H groups in total. The molecule has 5 heterocycles. The zero-order chi connectivity index (χ0) is 28.3. The van der Waals surface area contributed by atoms with Gasteiger partial charge in [0.1, 0.15) is 23.3 Å². The van der Waals surface area contributed by atoms with Crippen molar-refractivity contribution in [1.82, 2.24) is 34.5 Å². The zero-order valence-corrected chi connectivity index (χ0v) is 22.8. The van der Waals surface area contributed by atoms with Crippen molar-refractivity contribution >= 4 is 54.6 Å². The highest BCUT2D eigenvalue weighted by molar-refractivity contribution is 6.10. The third-order valence-corrected chi connectivity index (χ3v) is 7.98. The van der Waals surface area contributed by atoms with Gasteiger partial charge in [0, 0.05) is 50.5 Å². The second-order valence-corrected chi connectivity index (χ2v) is 10.5. The van der Waals surface area contributed by atoms with E-state index in [4.69, 9.17) is 19.9 Å². The van der Waals surface area contributed by atoms with Gasteiger partial charge in [0.05, 0.1) is 22.2 Å². The SMILES string of the molecule is c1ccc(-c2nc(-c3ccc4ncncc4c3)c3ccc4ccc(-n5c6ccccc6c6cccnc65)nc4c3n2)cc1. The molecule has 5 aromatic heterocycles. The number of aromatic nitrogens is 7. The van der Waals surface area contributed by atoms with Crippen molar-refractivity contribution in [2.45, 2.75) is 0 Å². The number of nitrogens with zero attached hydrogens (tertiary/aromatic N) is 7. The van der Waals surface area contributed by atoms with E-state index in [0.29, 0.717) is 5.82 Å². The van der Waals surface area contributed by atoms with Gasteiger partial charge in [0.2, 0.25) is 0 Å². The van der Waals surface area contributed by atoms with Crippen LogP contribution in [0.15, 0.2) is 128 Å². The quantitative estimate of drug-likeness (QED) is 0.207. The van der Waals surface area contributed by atoms with Crippen molar-refractivity contribution in [3.8, 4) is 28.5 Å². The minimum atomic E-state index is 0.644. The Bertz CT molecular complexity index is 2470. The Kier molecular flexibility index (Phi) is 5.06. The molecule has 0 saturated heterocycles. The standard InChI is InChI=1S/C36H21N7/c1-2-7-23(8-3-1)35-41-32(24-13-16-29-25(19-24)20-37-21-39-29)28-15-12-22-14-17-31(40-33(22)34(28)42-35)43-30-11-5-4-9-26(30)27-10-6-18-38-36(27)43/h1-21H. The lowest BCUT2D eigenvalue weighted by atomic mass is 10.0. The molecular formula is C36H21N7. The highest BCUT2D eigenvalue weighted by Gasteiger charge is 2.18. The topological polar surface area (TPSA) is 82.3 Å². The molecule has 9 rings (SSSR count). The Balaban J connectivity index is 1.36. The molecule has 0 unspecified atom stereocenters. The summed E-state index contributed by atoms with van der Waals surface area (Å²) in [4.78, 5) is 28.9. The summed E-state index contributed by atoms with van der Waals surface area (Å²) in [5.74, 6) is 1.43. The van der Waals surface area contributed by atoms with Gasteiger partial charge in [-0.25, -0.2) is 29.9 Å². The molecule has 0 aliphatic carbocycles. The first-order chi connectivity index (χ1) is 21.3. The van der Waals surface area contributed by atoms with Crippen molar-refractivity contribution in [3.63, 3.8) is 0 Å². The van der Waals surface area contributed by atoms with Crippen LogP contribution in [-0.2, 0) is 0 Å². The van der Waals surface area contributed by atoms with Crippen LogP contribution in [0.2, 0.25) is 0 Å². The van der Waals surface area contributed by atoms with Crippen LogP contribution in [0.25, 0.3) is 83.1 Å². The molecule has 0 aliphatic heterocycles. The predicted molar refractivity (Wildman–Crippen MR) is 171 cm³/mol. The van der Waals surface area contributed by atoms with Gasteiger partial charge < -0.3 is 0 Å². The second kappa shape index (κ2) is 9.22. The van der Waals surface area contributed by atoms with Gasteiger partial charge in [-0.2, -0.15) is 0 Å². The van der Waals surface area contributed by atoms with Crippen LogP contribution < -0.4 is 0 Å². The molecule has 0 aliphatic rings. The molecule has 7 heteroatoms. The molecule has 0 bridgehead atoms. The number of hydrogen-bond donors (Lipinski definition) is 0. The largest absolute Gasteiger partial charge is 0.278 e. The van der Waals surface area contributed by atoms with E-state index in [0.717, 1.165) is 77.3 Å². The van der Waals surface area contributed by atoms with E-state index < -0.39 is 0 Å². The average molecular weight is 552 g/mol. The van der Waals surface area contributed by atoms with Crippen LogP contribution in [0, 0.1) is 0 Å². The van der Waals surface area contributed by atoms with E-state index in [2.05, 4.69) is 75.2 Å². The maximum Gasteiger partial charge on any atom is 0.160 e. The van der Waals surface area contributed by atoms with Crippen molar-refractivity contribution in [3.05, 3.63) is 128 Å². The van der Waals surface area contributed by atoms with Crippen LogP contribution in [0.3, 0.4) is 0 Å².